The molecule has 1 aliphatic rings. The van der Waals surface area contributed by atoms with Gasteiger partial charge in [-0.1, -0.05) is 18.2 Å². The van der Waals surface area contributed by atoms with Gasteiger partial charge in [-0.3, -0.25) is 0 Å². The van der Waals surface area contributed by atoms with Crippen LogP contribution in [0.15, 0.2) is 47.4 Å². The van der Waals surface area contributed by atoms with E-state index in [2.05, 4.69) is 4.98 Å². The van der Waals surface area contributed by atoms with Crippen molar-refractivity contribution >= 4 is 22.7 Å². The summed E-state index contributed by atoms with van der Waals surface area (Å²) in [5.74, 6) is 1.14. The highest BCUT2D eigenvalue weighted by atomic mass is 32.2. The minimum atomic E-state index is -4.45. The SMILES string of the molecule is FC(F)(F)c1[nH]c2cc3c(cc2c1CSc1ccccc1)OCO3. The minimum absolute atomic E-state index is 0.0855. The lowest BCUT2D eigenvalue weighted by Crippen LogP contribution is -2.08. The molecule has 7 heteroatoms. The summed E-state index contributed by atoms with van der Waals surface area (Å²) < 4.78 is 50.8. The Morgan fingerprint density at radius 2 is 1.75 bits per heavy atom. The third-order valence-electron chi connectivity index (χ3n) is 3.81. The molecular formula is C17H12F3NO2S. The van der Waals surface area contributed by atoms with Crippen molar-refractivity contribution < 1.29 is 22.6 Å². The second-order valence-corrected chi connectivity index (χ2v) is 6.38. The van der Waals surface area contributed by atoms with E-state index in [9.17, 15) is 13.2 Å². The second-order valence-electron chi connectivity index (χ2n) is 5.33. The molecule has 1 aromatic heterocycles. The summed E-state index contributed by atoms with van der Waals surface area (Å²) in [6, 6.07) is 12.5. The maximum atomic E-state index is 13.4. The number of thioether (sulfide) groups is 1. The Morgan fingerprint density at radius 1 is 1.04 bits per heavy atom. The van der Waals surface area contributed by atoms with E-state index in [0.29, 0.717) is 22.4 Å². The Kier molecular flexibility index (Phi) is 3.60. The molecule has 0 amide bonds. The molecule has 24 heavy (non-hydrogen) atoms. The van der Waals surface area contributed by atoms with Crippen molar-refractivity contribution in [1.82, 2.24) is 4.98 Å². The molecule has 1 aliphatic heterocycles. The topological polar surface area (TPSA) is 34.2 Å². The molecule has 0 fully saturated rings. The van der Waals surface area contributed by atoms with E-state index in [1.807, 2.05) is 30.3 Å². The van der Waals surface area contributed by atoms with Crippen molar-refractivity contribution in [2.75, 3.05) is 6.79 Å². The zero-order valence-electron chi connectivity index (χ0n) is 12.3. The number of nitrogens with one attached hydrogen (secondary N) is 1. The van der Waals surface area contributed by atoms with Gasteiger partial charge in [-0.2, -0.15) is 13.2 Å². The molecule has 0 spiro atoms. The van der Waals surface area contributed by atoms with E-state index in [4.69, 9.17) is 9.47 Å². The monoisotopic (exact) mass is 351 g/mol. The second kappa shape index (κ2) is 5.66. The maximum absolute atomic E-state index is 13.4. The molecule has 2 aromatic carbocycles. The molecule has 0 radical (unpaired) electrons. The quantitative estimate of drug-likeness (QED) is 0.658. The highest BCUT2D eigenvalue weighted by Crippen LogP contribution is 2.43. The van der Waals surface area contributed by atoms with Gasteiger partial charge in [0.1, 0.15) is 5.69 Å². The van der Waals surface area contributed by atoms with Crippen molar-refractivity contribution in [3.8, 4) is 11.5 Å². The van der Waals surface area contributed by atoms with Gasteiger partial charge in [-0.05, 0) is 18.2 Å². The summed E-state index contributed by atoms with van der Waals surface area (Å²) in [5.41, 5.74) is -0.0931. The molecule has 0 saturated carbocycles. The van der Waals surface area contributed by atoms with Crippen LogP contribution in [-0.4, -0.2) is 11.8 Å². The zero-order valence-corrected chi connectivity index (χ0v) is 13.1. The third kappa shape index (κ3) is 2.69. The number of aromatic nitrogens is 1. The summed E-state index contributed by atoms with van der Waals surface area (Å²) in [6.07, 6.45) is -4.45. The fraction of sp³-hybridized carbons (Fsp3) is 0.176. The number of hydrogen-bond acceptors (Lipinski definition) is 3. The number of alkyl halides is 3. The molecule has 0 saturated heterocycles. The van der Waals surface area contributed by atoms with E-state index >= 15 is 0 Å². The van der Waals surface area contributed by atoms with Gasteiger partial charge in [0, 0.05) is 27.7 Å². The molecule has 2 heterocycles. The number of ether oxygens (including phenoxy) is 2. The molecule has 0 unspecified atom stereocenters. The Bertz CT molecular complexity index is 890. The third-order valence-corrected chi connectivity index (χ3v) is 4.85. The predicted molar refractivity (Wildman–Crippen MR) is 85.4 cm³/mol. The normalized spacial score (nSPS) is 13.6. The van der Waals surface area contributed by atoms with Crippen molar-refractivity contribution in [2.24, 2.45) is 0 Å². The van der Waals surface area contributed by atoms with Gasteiger partial charge in [0.25, 0.3) is 0 Å². The fourth-order valence-corrected chi connectivity index (χ4v) is 3.66. The standard InChI is InChI=1S/C17H12F3NO2S/c18-17(19,20)16-12(8-24-10-4-2-1-3-5-10)11-6-14-15(23-9-22-14)7-13(11)21-16/h1-7,21H,8-9H2. The van der Waals surface area contributed by atoms with Gasteiger partial charge in [0.2, 0.25) is 6.79 Å². The lowest BCUT2D eigenvalue weighted by atomic mass is 10.1. The van der Waals surface area contributed by atoms with Gasteiger partial charge in [-0.15, -0.1) is 11.8 Å². The predicted octanol–water partition coefficient (Wildman–Crippen LogP) is 5.21. The van der Waals surface area contributed by atoms with Crippen LogP contribution < -0.4 is 9.47 Å². The zero-order chi connectivity index (χ0) is 16.7. The van der Waals surface area contributed by atoms with Gasteiger partial charge >= 0.3 is 6.18 Å². The lowest BCUT2D eigenvalue weighted by molar-refractivity contribution is -0.141. The van der Waals surface area contributed by atoms with Crippen molar-refractivity contribution in [3.05, 3.63) is 53.7 Å². The van der Waals surface area contributed by atoms with Crippen LogP contribution in [-0.2, 0) is 11.9 Å². The maximum Gasteiger partial charge on any atom is 0.431 e. The average molecular weight is 351 g/mol. The fourth-order valence-electron chi connectivity index (χ4n) is 2.70. The average Bonchev–Trinajstić information content (AvgIpc) is 3.15. The molecule has 3 aromatic rings. The minimum Gasteiger partial charge on any atom is -0.454 e. The Hall–Kier alpha value is -2.28. The van der Waals surface area contributed by atoms with Crippen molar-refractivity contribution in [3.63, 3.8) is 0 Å². The van der Waals surface area contributed by atoms with Crippen LogP contribution in [0, 0.1) is 0 Å². The van der Waals surface area contributed by atoms with E-state index in [0.717, 1.165) is 4.90 Å². The Morgan fingerprint density at radius 3 is 2.46 bits per heavy atom. The van der Waals surface area contributed by atoms with Crippen LogP contribution in [0.25, 0.3) is 10.9 Å². The first-order chi connectivity index (χ1) is 11.5. The van der Waals surface area contributed by atoms with Crippen molar-refractivity contribution in [1.29, 1.82) is 0 Å². The molecule has 3 nitrogen and oxygen atoms in total. The van der Waals surface area contributed by atoms with Gasteiger partial charge < -0.3 is 14.5 Å². The van der Waals surface area contributed by atoms with Crippen LogP contribution in [0.4, 0.5) is 13.2 Å². The van der Waals surface area contributed by atoms with E-state index < -0.39 is 11.9 Å². The highest BCUT2D eigenvalue weighted by Gasteiger charge is 2.36. The molecule has 4 rings (SSSR count). The summed E-state index contributed by atoms with van der Waals surface area (Å²) in [6.45, 7) is 0.0855. The summed E-state index contributed by atoms with van der Waals surface area (Å²) >= 11 is 1.36. The van der Waals surface area contributed by atoms with E-state index in [1.54, 1.807) is 12.1 Å². The summed E-state index contributed by atoms with van der Waals surface area (Å²) in [7, 11) is 0. The molecule has 124 valence electrons. The van der Waals surface area contributed by atoms with Gasteiger partial charge in [0.15, 0.2) is 11.5 Å². The van der Waals surface area contributed by atoms with Crippen LogP contribution in [0.1, 0.15) is 11.3 Å². The molecular weight excluding hydrogens is 339 g/mol. The lowest BCUT2D eigenvalue weighted by Gasteiger charge is -2.08. The smallest absolute Gasteiger partial charge is 0.431 e. The van der Waals surface area contributed by atoms with Crippen LogP contribution in [0.2, 0.25) is 0 Å². The molecule has 0 atom stereocenters. The van der Waals surface area contributed by atoms with E-state index in [-0.39, 0.29) is 18.1 Å². The number of H-pyrrole nitrogens is 1. The van der Waals surface area contributed by atoms with Gasteiger partial charge in [0.05, 0.1) is 5.52 Å². The first-order valence-corrected chi connectivity index (χ1v) is 8.20. The number of hydrogen-bond donors (Lipinski definition) is 1. The van der Waals surface area contributed by atoms with Crippen molar-refractivity contribution in [2.45, 2.75) is 16.8 Å². The first kappa shape index (κ1) is 15.3. The highest BCUT2D eigenvalue weighted by molar-refractivity contribution is 7.98. The number of fused-ring (bicyclic) bond motifs is 2. The first-order valence-electron chi connectivity index (χ1n) is 7.21. The molecule has 0 aliphatic carbocycles. The molecule has 1 N–H and O–H groups in total. The van der Waals surface area contributed by atoms with Crippen LogP contribution in [0.3, 0.4) is 0 Å². The summed E-state index contributed by atoms with van der Waals surface area (Å²) in [5, 5.41) is 0.509. The van der Waals surface area contributed by atoms with Crippen LogP contribution >= 0.6 is 11.8 Å². The Labute approximate surface area is 139 Å². The molecule has 0 bridgehead atoms. The largest absolute Gasteiger partial charge is 0.454 e. The number of aromatic amines is 1. The number of rotatable bonds is 3. The Balaban J connectivity index is 1.78. The van der Waals surface area contributed by atoms with E-state index in [1.165, 1.54) is 11.8 Å². The van der Waals surface area contributed by atoms with Gasteiger partial charge in [-0.25, -0.2) is 0 Å². The summed E-state index contributed by atoms with van der Waals surface area (Å²) in [4.78, 5) is 3.41. The number of benzene rings is 2. The van der Waals surface area contributed by atoms with Crippen LogP contribution in [0.5, 0.6) is 11.5 Å². The number of halogens is 3.